The maximum absolute atomic E-state index is 12.5. The van der Waals surface area contributed by atoms with E-state index in [0.29, 0.717) is 17.2 Å². The number of likely N-dealkylation sites (N-methyl/N-ethyl adjacent to an activating group) is 1. The fourth-order valence-corrected chi connectivity index (χ4v) is 4.73. The first-order valence-corrected chi connectivity index (χ1v) is 11.3. The van der Waals surface area contributed by atoms with Gasteiger partial charge in [0.25, 0.3) is 5.56 Å². The van der Waals surface area contributed by atoms with E-state index in [-0.39, 0.29) is 35.7 Å². The van der Waals surface area contributed by atoms with Crippen molar-refractivity contribution in [3.05, 3.63) is 72.9 Å². The predicted octanol–water partition coefficient (Wildman–Crippen LogP) is 2.27. The van der Waals surface area contributed by atoms with Crippen molar-refractivity contribution in [1.82, 2.24) is 14.5 Å². The number of nitrogens with one attached hydrogen (secondary N) is 1. The molecule has 0 spiro atoms. The summed E-state index contributed by atoms with van der Waals surface area (Å²) in [5.41, 5.74) is 0.557. The molecule has 3 heterocycles. The monoisotopic (exact) mass is 498 g/mol. The molecule has 182 valence electrons. The lowest BCUT2D eigenvalue weighted by Crippen LogP contribution is -2.34. The number of benzene rings is 2. The van der Waals surface area contributed by atoms with Crippen LogP contribution >= 0.6 is 11.6 Å². The van der Waals surface area contributed by atoms with Crippen LogP contribution in [0.1, 0.15) is 22.7 Å². The third-order valence-electron chi connectivity index (χ3n) is 6.26. The molecule has 0 radical (unpaired) electrons. The smallest absolute Gasteiger partial charge is 0.335 e. The molecule has 0 saturated carbocycles. The number of aromatic hydroxyl groups is 1. The second-order valence-corrected chi connectivity index (χ2v) is 8.65. The molecule has 1 aromatic heterocycles. The van der Waals surface area contributed by atoms with Gasteiger partial charge in [-0.25, -0.2) is 9.36 Å². The molecule has 0 saturated heterocycles. The lowest BCUT2D eigenvalue weighted by Gasteiger charge is -2.35. The van der Waals surface area contributed by atoms with Crippen molar-refractivity contribution >= 4 is 17.8 Å². The second kappa shape index (κ2) is 9.12. The maximum Gasteiger partial charge on any atom is 0.335 e. The summed E-state index contributed by atoms with van der Waals surface area (Å²) in [6.07, 6.45) is 2.07. The Morgan fingerprint density at radius 2 is 2.11 bits per heavy atom. The molecular weight excluding hydrogens is 476 g/mol. The lowest BCUT2D eigenvalue weighted by atomic mass is 9.91. The first-order valence-electron chi connectivity index (χ1n) is 10.9. The number of aliphatic imine (C=N–C) groups is 1. The number of nitrogens with zero attached hydrogens (tertiary/aromatic N) is 3. The summed E-state index contributed by atoms with van der Waals surface area (Å²) in [4.78, 5) is 33.7. The van der Waals surface area contributed by atoms with Crippen molar-refractivity contribution in [2.75, 3.05) is 34.0 Å². The fraction of sp³-hybridized carbons (Fsp3) is 0.292. The Morgan fingerprint density at radius 1 is 1.31 bits per heavy atom. The van der Waals surface area contributed by atoms with Crippen LogP contribution in [0.4, 0.5) is 0 Å². The van der Waals surface area contributed by atoms with Crippen molar-refractivity contribution in [2.24, 2.45) is 4.99 Å². The van der Waals surface area contributed by atoms with Crippen LogP contribution in [-0.4, -0.2) is 59.8 Å². The van der Waals surface area contributed by atoms with Crippen molar-refractivity contribution in [3.63, 3.8) is 0 Å². The highest BCUT2D eigenvalue weighted by Gasteiger charge is 2.33. The number of methoxy groups -OCH3 is 1. The molecule has 3 aromatic rings. The number of rotatable bonds is 5. The molecule has 11 heteroatoms. The molecule has 10 nitrogen and oxygen atoms in total. The molecule has 2 aliphatic heterocycles. The molecule has 0 aliphatic carbocycles. The molecule has 0 unspecified atom stereocenters. The third-order valence-corrected chi connectivity index (χ3v) is 6.58. The van der Waals surface area contributed by atoms with Crippen molar-refractivity contribution < 1.29 is 19.3 Å². The topological polar surface area (TPSA) is 118 Å². The van der Waals surface area contributed by atoms with Gasteiger partial charge < -0.3 is 19.3 Å². The Morgan fingerprint density at radius 3 is 2.89 bits per heavy atom. The van der Waals surface area contributed by atoms with E-state index in [2.05, 4.69) is 14.9 Å². The highest BCUT2D eigenvalue weighted by Crippen LogP contribution is 2.49. The third kappa shape index (κ3) is 3.94. The highest BCUT2D eigenvalue weighted by atomic mass is 35.5. The minimum Gasteiger partial charge on any atom is -0.493 e. The van der Waals surface area contributed by atoms with Gasteiger partial charge in [0.15, 0.2) is 11.5 Å². The number of ether oxygens (including phenoxy) is 3. The predicted molar refractivity (Wildman–Crippen MR) is 130 cm³/mol. The van der Waals surface area contributed by atoms with Crippen LogP contribution in [0.2, 0.25) is 5.02 Å². The van der Waals surface area contributed by atoms with Gasteiger partial charge in [-0.3, -0.25) is 19.7 Å². The number of fused-ring (bicyclic) bond motifs is 2. The zero-order chi connectivity index (χ0) is 24.7. The van der Waals surface area contributed by atoms with Crippen LogP contribution in [0.5, 0.6) is 23.1 Å². The minimum absolute atomic E-state index is 0.135. The van der Waals surface area contributed by atoms with Crippen LogP contribution in [-0.2, 0) is 6.42 Å². The SMILES string of the molecule is COc1c2c(cc3c1[C@H](CN=Cc1c(O)n(-c4ccccc4Cl)c(=O)[nH]c1=O)N(C)CC3)OCO2. The molecule has 5 rings (SSSR count). The Bertz CT molecular complexity index is 1450. The Balaban J connectivity index is 1.52. The van der Waals surface area contributed by atoms with Crippen LogP contribution in [0.25, 0.3) is 5.69 Å². The van der Waals surface area contributed by atoms with E-state index < -0.39 is 17.1 Å². The molecule has 2 aromatic carbocycles. The van der Waals surface area contributed by atoms with Gasteiger partial charge in [-0.05, 0) is 37.2 Å². The van der Waals surface area contributed by atoms with Crippen LogP contribution in [0.3, 0.4) is 0 Å². The molecule has 0 amide bonds. The van der Waals surface area contributed by atoms with Gasteiger partial charge in [0.05, 0.1) is 30.4 Å². The molecule has 2 aliphatic rings. The fourth-order valence-electron chi connectivity index (χ4n) is 4.51. The standard InChI is InChI=1S/C24H23ClN4O6/c1-28-8-7-13-9-18-20(35-12-34-18)21(33-2)19(13)17(28)11-26-10-14-22(30)27-24(32)29(23(14)31)16-6-4-3-5-15(16)25/h3-6,9-10,17,31H,7-8,11-12H2,1-2H3,(H,27,30,32)/t17-/m0/s1. The summed E-state index contributed by atoms with van der Waals surface area (Å²) >= 11 is 6.20. The van der Waals surface area contributed by atoms with Crippen molar-refractivity contribution in [2.45, 2.75) is 12.5 Å². The number of halogens is 1. The Hall–Kier alpha value is -3.76. The van der Waals surface area contributed by atoms with E-state index in [4.69, 9.17) is 25.8 Å². The average molecular weight is 499 g/mol. The number of H-pyrrole nitrogens is 1. The quantitative estimate of drug-likeness (QED) is 0.518. The minimum atomic E-state index is -0.806. The largest absolute Gasteiger partial charge is 0.493 e. The molecule has 2 N–H and O–H groups in total. The Kier molecular flexibility index (Phi) is 6.00. The van der Waals surface area contributed by atoms with Gasteiger partial charge in [-0.2, -0.15) is 0 Å². The first-order chi connectivity index (χ1) is 16.9. The number of hydrogen-bond donors (Lipinski definition) is 2. The van der Waals surface area contributed by atoms with E-state index in [1.165, 1.54) is 6.21 Å². The van der Waals surface area contributed by atoms with E-state index in [0.717, 1.165) is 28.7 Å². The molecule has 0 bridgehead atoms. The van der Waals surface area contributed by atoms with E-state index in [1.807, 2.05) is 13.1 Å². The van der Waals surface area contributed by atoms with Crippen molar-refractivity contribution in [3.8, 4) is 28.8 Å². The average Bonchev–Trinajstić information content (AvgIpc) is 3.30. The van der Waals surface area contributed by atoms with Gasteiger partial charge in [0.1, 0.15) is 5.56 Å². The first kappa shape index (κ1) is 23.0. The van der Waals surface area contributed by atoms with E-state index in [9.17, 15) is 14.7 Å². The number of aromatic nitrogens is 2. The van der Waals surface area contributed by atoms with Crippen molar-refractivity contribution in [1.29, 1.82) is 0 Å². The Labute approximate surface area is 205 Å². The van der Waals surface area contributed by atoms with Crippen LogP contribution in [0, 0.1) is 0 Å². The summed E-state index contributed by atoms with van der Waals surface area (Å²) in [5.74, 6) is 1.28. The van der Waals surface area contributed by atoms with Gasteiger partial charge >= 0.3 is 5.69 Å². The summed E-state index contributed by atoms with van der Waals surface area (Å²) in [6, 6.07) is 8.31. The zero-order valence-electron chi connectivity index (χ0n) is 19.1. The second-order valence-electron chi connectivity index (χ2n) is 8.24. The van der Waals surface area contributed by atoms with Crippen LogP contribution in [0.15, 0.2) is 44.9 Å². The van der Waals surface area contributed by atoms with Gasteiger partial charge in [-0.1, -0.05) is 23.7 Å². The molecule has 35 heavy (non-hydrogen) atoms. The summed E-state index contributed by atoms with van der Waals surface area (Å²) in [6.45, 7) is 1.19. The van der Waals surface area contributed by atoms with Gasteiger partial charge in [0, 0.05) is 18.3 Å². The van der Waals surface area contributed by atoms with Gasteiger partial charge in [-0.15, -0.1) is 0 Å². The van der Waals surface area contributed by atoms with Gasteiger partial charge in [0.2, 0.25) is 18.4 Å². The summed E-state index contributed by atoms with van der Waals surface area (Å²) in [7, 11) is 3.57. The summed E-state index contributed by atoms with van der Waals surface area (Å²) in [5, 5.41) is 11.0. The molecule has 1 atom stereocenters. The van der Waals surface area contributed by atoms with Crippen LogP contribution < -0.4 is 25.5 Å². The lowest BCUT2D eigenvalue weighted by molar-refractivity contribution is 0.170. The number of aromatic amines is 1. The normalized spacial score (nSPS) is 17.1. The molecular formula is C24H23ClN4O6. The zero-order valence-corrected chi connectivity index (χ0v) is 19.8. The maximum atomic E-state index is 12.5. The molecule has 0 fully saturated rings. The van der Waals surface area contributed by atoms with E-state index >= 15 is 0 Å². The summed E-state index contributed by atoms with van der Waals surface area (Å²) < 4.78 is 17.8. The number of para-hydroxylation sites is 1. The number of hydrogen-bond acceptors (Lipinski definition) is 8. The highest BCUT2D eigenvalue weighted by molar-refractivity contribution is 6.32. The van der Waals surface area contributed by atoms with E-state index in [1.54, 1.807) is 31.4 Å².